The topological polar surface area (TPSA) is 136 Å². The third kappa shape index (κ3) is 5.63. The summed E-state index contributed by atoms with van der Waals surface area (Å²) in [5, 5.41) is 27.2. The van der Waals surface area contributed by atoms with Gasteiger partial charge in [0.15, 0.2) is 0 Å². The van der Waals surface area contributed by atoms with Gasteiger partial charge < -0.3 is 39.8 Å². The molecule has 2 aliphatic heterocycles. The van der Waals surface area contributed by atoms with E-state index in [1.54, 1.807) is 12.1 Å². The number of carbonyl (C=O) groups excluding carboxylic acids is 2. The number of benzene rings is 2. The van der Waals surface area contributed by atoms with Gasteiger partial charge in [0.1, 0.15) is 11.5 Å². The van der Waals surface area contributed by atoms with Crippen molar-refractivity contribution in [3.05, 3.63) is 46.5 Å². The zero-order valence-electron chi connectivity index (χ0n) is 21.3. The van der Waals surface area contributed by atoms with Crippen LogP contribution >= 0.6 is 0 Å². The molecule has 0 spiro atoms. The predicted molar refractivity (Wildman–Crippen MR) is 140 cm³/mol. The van der Waals surface area contributed by atoms with Crippen molar-refractivity contribution in [2.24, 2.45) is 0 Å². The van der Waals surface area contributed by atoms with Crippen LogP contribution in [0.25, 0.3) is 0 Å². The van der Waals surface area contributed by atoms with E-state index < -0.39 is 11.6 Å². The lowest BCUT2D eigenvalue weighted by atomic mass is 9.81. The van der Waals surface area contributed by atoms with Gasteiger partial charge in [0.05, 0.1) is 60.9 Å². The third-order valence-corrected chi connectivity index (χ3v) is 7.05. The number of ketones is 2. The molecule has 4 N–H and O–H groups in total. The fourth-order valence-electron chi connectivity index (χ4n) is 5.16. The minimum absolute atomic E-state index is 0.120. The minimum atomic E-state index is -0.538. The molecule has 2 fully saturated rings. The summed E-state index contributed by atoms with van der Waals surface area (Å²) in [5.41, 5.74) is 0.801. The van der Waals surface area contributed by atoms with Crippen molar-refractivity contribution >= 4 is 22.9 Å². The number of rotatable bonds is 12. The molecule has 2 unspecified atom stereocenters. The maximum absolute atomic E-state index is 13.6. The lowest BCUT2D eigenvalue weighted by molar-refractivity contribution is 0.0206. The summed E-state index contributed by atoms with van der Waals surface area (Å²) in [5.74, 6) is -1.78. The Morgan fingerprint density at radius 2 is 1.16 bits per heavy atom. The van der Waals surface area contributed by atoms with E-state index in [4.69, 9.17) is 18.9 Å². The molecule has 10 nitrogen and oxygen atoms in total. The first-order valence-electron chi connectivity index (χ1n) is 13.2. The monoisotopic (exact) mass is 526 g/mol. The Morgan fingerprint density at radius 3 is 1.55 bits per heavy atom. The summed E-state index contributed by atoms with van der Waals surface area (Å²) in [7, 11) is 0. The standard InChI is InChI=1S/C28H34N2O8/c31-21-7-8-22(32)26-25(21)27(33)23-19(29-9-13-35-15-17-3-1-11-37-17)5-6-20(24(23)28(26)34)30-10-14-36-16-18-4-2-12-38-18/h5-8,17-18,29-32H,1-4,9-16H2. The van der Waals surface area contributed by atoms with Gasteiger partial charge >= 0.3 is 0 Å². The number of hydrogen-bond acceptors (Lipinski definition) is 10. The summed E-state index contributed by atoms with van der Waals surface area (Å²) >= 11 is 0. The Balaban J connectivity index is 1.31. The molecule has 0 amide bonds. The van der Waals surface area contributed by atoms with Gasteiger partial charge in [0.2, 0.25) is 11.6 Å². The number of anilines is 2. The van der Waals surface area contributed by atoms with Crippen LogP contribution in [0.5, 0.6) is 11.5 Å². The molecular weight excluding hydrogens is 492 g/mol. The lowest BCUT2D eigenvalue weighted by Gasteiger charge is -2.25. The molecule has 38 heavy (non-hydrogen) atoms. The molecule has 0 bridgehead atoms. The maximum Gasteiger partial charge on any atom is 0.200 e. The number of hydrogen-bond donors (Lipinski definition) is 4. The molecule has 2 heterocycles. The third-order valence-electron chi connectivity index (χ3n) is 7.05. The van der Waals surface area contributed by atoms with Crippen LogP contribution in [0.1, 0.15) is 57.5 Å². The van der Waals surface area contributed by atoms with Crippen molar-refractivity contribution in [1.82, 2.24) is 0 Å². The highest BCUT2D eigenvalue weighted by atomic mass is 16.5. The van der Waals surface area contributed by atoms with Crippen LogP contribution in [0.3, 0.4) is 0 Å². The van der Waals surface area contributed by atoms with Gasteiger partial charge in [-0.3, -0.25) is 9.59 Å². The normalized spacial score (nSPS) is 20.4. The molecule has 1 aliphatic carbocycles. The van der Waals surface area contributed by atoms with Crippen LogP contribution in [-0.2, 0) is 18.9 Å². The van der Waals surface area contributed by atoms with E-state index in [0.717, 1.165) is 38.9 Å². The first-order valence-corrected chi connectivity index (χ1v) is 13.2. The average Bonchev–Trinajstić information content (AvgIpc) is 3.63. The van der Waals surface area contributed by atoms with Gasteiger partial charge in [0, 0.05) is 37.7 Å². The van der Waals surface area contributed by atoms with Gasteiger partial charge in [-0.2, -0.15) is 0 Å². The Morgan fingerprint density at radius 1 is 0.711 bits per heavy atom. The zero-order valence-corrected chi connectivity index (χ0v) is 21.3. The van der Waals surface area contributed by atoms with Crippen LogP contribution in [-0.4, -0.2) is 86.7 Å². The van der Waals surface area contributed by atoms with E-state index in [-0.39, 0.29) is 46.0 Å². The average molecular weight is 527 g/mol. The van der Waals surface area contributed by atoms with Crippen LogP contribution in [0.2, 0.25) is 0 Å². The fourth-order valence-corrected chi connectivity index (χ4v) is 5.16. The molecule has 2 saturated heterocycles. The zero-order chi connectivity index (χ0) is 26.5. The predicted octanol–water partition coefficient (Wildman–Crippen LogP) is 3.09. The van der Waals surface area contributed by atoms with Crippen LogP contribution in [0, 0.1) is 0 Å². The molecule has 204 valence electrons. The number of aromatic hydroxyl groups is 2. The highest BCUT2D eigenvalue weighted by Gasteiger charge is 2.38. The SMILES string of the molecule is O=C1c2c(O)ccc(O)c2C(=O)c2c(NCCOCC3CCCO3)ccc(NCCOCC3CCCO3)c21. The molecule has 2 aromatic rings. The van der Waals surface area contributed by atoms with Crippen LogP contribution < -0.4 is 10.6 Å². The summed E-state index contributed by atoms with van der Waals surface area (Å²) in [4.78, 5) is 27.2. The van der Waals surface area contributed by atoms with Crippen molar-refractivity contribution in [2.75, 3.05) is 63.4 Å². The second-order valence-corrected chi connectivity index (χ2v) is 9.70. The smallest absolute Gasteiger partial charge is 0.200 e. The summed E-state index contributed by atoms with van der Waals surface area (Å²) in [6.07, 6.45) is 4.30. The number of ether oxygens (including phenoxy) is 4. The van der Waals surface area contributed by atoms with Gasteiger partial charge in [-0.1, -0.05) is 0 Å². The summed E-state index contributed by atoms with van der Waals surface area (Å²) in [6, 6.07) is 5.88. The summed E-state index contributed by atoms with van der Waals surface area (Å²) in [6.45, 7) is 4.14. The van der Waals surface area contributed by atoms with Crippen molar-refractivity contribution in [1.29, 1.82) is 0 Å². The van der Waals surface area contributed by atoms with E-state index in [2.05, 4.69) is 10.6 Å². The first kappa shape index (κ1) is 26.4. The maximum atomic E-state index is 13.6. The van der Waals surface area contributed by atoms with Gasteiger partial charge in [0.25, 0.3) is 0 Å². The molecule has 0 saturated carbocycles. The molecule has 2 atom stereocenters. The fraction of sp³-hybridized carbons (Fsp3) is 0.500. The van der Waals surface area contributed by atoms with Gasteiger partial charge in [-0.05, 0) is 49.9 Å². The largest absolute Gasteiger partial charge is 0.507 e. The number of phenols is 2. The Hall–Kier alpha value is -3.18. The Kier molecular flexibility index (Phi) is 8.43. The lowest BCUT2D eigenvalue weighted by Crippen LogP contribution is -2.26. The summed E-state index contributed by atoms with van der Waals surface area (Å²) < 4.78 is 22.6. The first-order chi connectivity index (χ1) is 18.5. The molecule has 0 radical (unpaired) electrons. The molecule has 5 rings (SSSR count). The molecule has 3 aliphatic rings. The van der Waals surface area contributed by atoms with Crippen molar-refractivity contribution in [3.8, 4) is 11.5 Å². The van der Waals surface area contributed by atoms with Gasteiger partial charge in [-0.25, -0.2) is 0 Å². The van der Waals surface area contributed by atoms with E-state index in [1.807, 2.05) is 0 Å². The Labute approximate surface area is 221 Å². The molecule has 0 aromatic heterocycles. The molecule has 2 aromatic carbocycles. The number of carbonyl (C=O) groups is 2. The number of nitrogens with one attached hydrogen (secondary N) is 2. The number of phenolic OH excluding ortho intramolecular Hbond substituents is 2. The van der Waals surface area contributed by atoms with E-state index in [9.17, 15) is 19.8 Å². The Bertz CT molecular complexity index is 1080. The second kappa shape index (κ2) is 12.1. The van der Waals surface area contributed by atoms with E-state index >= 15 is 0 Å². The number of fused-ring (bicyclic) bond motifs is 2. The van der Waals surface area contributed by atoms with Gasteiger partial charge in [-0.15, -0.1) is 0 Å². The van der Waals surface area contributed by atoms with E-state index in [0.29, 0.717) is 50.9 Å². The highest BCUT2D eigenvalue weighted by Crippen LogP contribution is 2.42. The van der Waals surface area contributed by atoms with Crippen molar-refractivity contribution < 1.29 is 38.7 Å². The highest BCUT2D eigenvalue weighted by molar-refractivity contribution is 6.33. The quantitative estimate of drug-likeness (QED) is 0.206. The van der Waals surface area contributed by atoms with Crippen molar-refractivity contribution in [3.63, 3.8) is 0 Å². The second-order valence-electron chi connectivity index (χ2n) is 9.70. The van der Waals surface area contributed by atoms with Crippen molar-refractivity contribution in [2.45, 2.75) is 37.9 Å². The van der Waals surface area contributed by atoms with Crippen LogP contribution in [0.15, 0.2) is 24.3 Å². The molecular formula is C28H34N2O8. The molecule has 10 heteroatoms. The van der Waals surface area contributed by atoms with E-state index in [1.165, 1.54) is 12.1 Å². The van der Waals surface area contributed by atoms with Crippen LogP contribution in [0.4, 0.5) is 11.4 Å². The minimum Gasteiger partial charge on any atom is -0.507 e.